The molecule has 1 aromatic rings. The van der Waals surface area contributed by atoms with Crippen LogP contribution < -0.4 is 5.32 Å². The van der Waals surface area contributed by atoms with Crippen LogP contribution in [-0.2, 0) is 4.74 Å². The van der Waals surface area contributed by atoms with Gasteiger partial charge in [0, 0.05) is 6.20 Å². The predicted octanol–water partition coefficient (Wildman–Crippen LogP) is 2.21. The predicted molar refractivity (Wildman–Crippen MR) is 66.3 cm³/mol. The lowest BCUT2D eigenvalue weighted by Gasteiger charge is -2.24. The number of rotatable bonds is 5. The Labute approximate surface area is 102 Å². The molecule has 4 heteroatoms. The fourth-order valence-electron chi connectivity index (χ4n) is 1.92. The van der Waals surface area contributed by atoms with Gasteiger partial charge in [0.1, 0.15) is 5.76 Å². The first-order valence-electron chi connectivity index (χ1n) is 6.24. The molecule has 2 rings (SSSR count). The minimum atomic E-state index is 0.116. The third-order valence-electron chi connectivity index (χ3n) is 2.79. The Hall–Kier alpha value is -1.42. The maximum absolute atomic E-state index is 5.74. The third-order valence-corrected chi connectivity index (χ3v) is 2.79. The highest BCUT2D eigenvalue weighted by Gasteiger charge is 2.19. The summed E-state index contributed by atoms with van der Waals surface area (Å²) in [6.07, 6.45) is 9.00. The van der Waals surface area contributed by atoms with Crippen molar-refractivity contribution >= 4 is 0 Å². The summed E-state index contributed by atoms with van der Waals surface area (Å²) in [4.78, 5) is 0. The van der Waals surface area contributed by atoms with E-state index in [9.17, 15) is 0 Å². The third kappa shape index (κ3) is 3.27. The molecule has 0 amide bonds. The SMILES string of the molecule is CCCNC(C1=CCCCO1)c1ccnnc1. The van der Waals surface area contributed by atoms with Crippen LogP contribution in [0, 0.1) is 0 Å². The average molecular weight is 233 g/mol. The monoisotopic (exact) mass is 233 g/mol. The Bertz CT molecular complexity index is 364. The largest absolute Gasteiger partial charge is 0.496 e. The molecule has 2 heterocycles. The highest BCUT2D eigenvalue weighted by Crippen LogP contribution is 2.25. The molecule has 92 valence electrons. The summed E-state index contributed by atoms with van der Waals surface area (Å²) in [6, 6.07) is 2.10. The van der Waals surface area contributed by atoms with Gasteiger partial charge in [-0.2, -0.15) is 10.2 Å². The quantitative estimate of drug-likeness (QED) is 0.847. The zero-order valence-electron chi connectivity index (χ0n) is 10.2. The number of aromatic nitrogens is 2. The minimum Gasteiger partial charge on any atom is -0.496 e. The lowest BCUT2D eigenvalue weighted by atomic mass is 10.0. The molecule has 0 aromatic carbocycles. The van der Waals surface area contributed by atoms with Crippen LogP contribution in [-0.4, -0.2) is 23.3 Å². The first-order chi connectivity index (χ1) is 8.42. The molecule has 1 atom stereocenters. The van der Waals surface area contributed by atoms with Gasteiger partial charge >= 0.3 is 0 Å². The normalized spacial score (nSPS) is 17.1. The van der Waals surface area contributed by atoms with Crippen LogP contribution in [0.3, 0.4) is 0 Å². The van der Waals surface area contributed by atoms with Crippen LogP contribution in [0.25, 0.3) is 0 Å². The highest BCUT2D eigenvalue weighted by molar-refractivity contribution is 5.22. The van der Waals surface area contributed by atoms with Crippen molar-refractivity contribution in [2.75, 3.05) is 13.2 Å². The van der Waals surface area contributed by atoms with Crippen molar-refractivity contribution in [3.8, 4) is 0 Å². The van der Waals surface area contributed by atoms with Crippen LogP contribution in [0.1, 0.15) is 37.8 Å². The van der Waals surface area contributed by atoms with E-state index in [0.717, 1.165) is 43.7 Å². The second-order valence-electron chi connectivity index (χ2n) is 4.16. The summed E-state index contributed by atoms with van der Waals surface area (Å²) in [6.45, 7) is 3.94. The Morgan fingerprint density at radius 2 is 2.41 bits per heavy atom. The van der Waals surface area contributed by atoms with E-state index < -0.39 is 0 Å². The molecule has 1 aliphatic heterocycles. The number of ether oxygens (including phenoxy) is 1. The number of nitrogens with one attached hydrogen (secondary N) is 1. The lowest BCUT2D eigenvalue weighted by Crippen LogP contribution is -2.26. The maximum Gasteiger partial charge on any atom is 0.113 e. The Morgan fingerprint density at radius 1 is 1.47 bits per heavy atom. The fraction of sp³-hybridized carbons (Fsp3) is 0.538. The average Bonchev–Trinajstić information content (AvgIpc) is 2.42. The molecule has 0 saturated carbocycles. The second-order valence-corrected chi connectivity index (χ2v) is 4.16. The molecule has 0 saturated heterocycles. The van der Waals surface area contributed by atoms with Crippen molar-refractivity contribution in [3.63, 3.8) is 0 Å². The van der Waals surface area contributed by atoms with E-state index in [1.807, 2.05) is 6.07 Å². The number of hydrogen-bond donors (Lipinski definition) is 1. The molecular formula is C13H19N3O. The summed E-state index contributed by atoms with van der Waals surface area (Å²) >= 11 is 0. The van der Waals surface area contributed by atoms with Gasteiger partial charge in [0.2, 0.25) is 0 Å². The van der Waals surface area contributed by atoms with Gasteiger partial charge in [-0.3, -0.25) is 0 Å². The van der Waals surface area contributed by atoms with Gasteiger partial charge in [-0.1, -0.05) is 6.92 Å². The highest BCUT2D eigenvalue weighted by atomic mass is 16.5. The van der Waals surface area contributed by atoms with E-state index in [1.165, 1.54) is 0 Å². The molecule has 1 N–H and O–H groups in total. The van der Waals surface area contributed by atoms with Crippen molar-refractivity contribution in [1.29, 1.82) is 0 Å². The van der Waals surface area contributed by atoms with Gasteiger partial charge in [-0.25, -0.2) is 0 Å². The Kier molecular flexibility index (Phi) is 4.50. The molecule has 0 spiro atoms. The van der Waals surface area contributed by atoms with Crippen molar-refractivity contribution < 1.29 is 4.74 Å². The van der Waals surface area contributed by atoms with Gasteiger partial charge in [0.05, 0.1) is 18.8 Å². The van der Waals surface area contributed by atoms with E-state index >= 15 is 0 Å². The van der Waals surface area contributed by atoms with E-state index in [0.29, 0.717) is 0 Å². The number of hydrogen-bond acceptors (Lipinski definition) is 4. The molecule has 17 heavy (non-hydrogen) atoms. The summed E-state index contributed by atoms with van der Waals surface area (Å²) < 4.78 is 5.74. The molecule has 0 radical (unpaired) electrons. The zero-order chi connectivity index (χ0) is 11.9. The maximum atomic E-state index is 5.74. The van der Waals surface area contributed by atoms with Crippen LogP contribution in [0.15, 0.2) is 30.3 Å². The van der Waals surface area contributed by atoms with Crippen LogP contribution in [0.2, 0.25) is 0 Å². The van der Waals surface area contributed by atoms with Crippen molar-refractivity contribution in [2.24, 2.45) is 0 Å². The molecule has 1 aromatic heterocycles. The van der Waals surface area contributed by atoms with E-state index in [2.05, 4.69) is 28.5 Å². The van der Waals surface area contributed by atoms with Crippen LogP contribution in [0.5, 0.6) is 0 Å². The van der Waals surface area contributed by atoms with E-state index in [-0.39, 0.29) is 6.04 Å². The molecule has 1 unspecified atom stereocenters. The first-order valence-corrected chi connectivity index (χ1v) is 6.24. The minimum absolute atomic E-state index is 0.116. The van der Waals surface area contributed by atoms with E-state index in [1.54, 1.807) is 12.4 Å². The summed E-state index contributed by atoms with van der Waals surface area (Å²) in [7, 11) is 0. The fourth-order valence-corrected chi connectivity index (χ4v) is 1.92. The molecule has 4 nitrogen and oxygen atoms in total. The molecule has 0 aliphatic carbocycles. The molecule has 0 fully saturated rings. The van der Waals surface area contributed by atoms with Crippen molar-refractivity contribution in [3.05, 3.63) is 35.9 Å². The molecule has 0 bridgehead atoms. The van der Waals surface area contributed by atoms with Crippen molar-refractivity contribution in [1.82, 2.24) is 15.5 Å². The van der Waals surface area contributed by atoms with Gasteiger partial charge in [-0.05, 0) is 43.5 Å². The Balaban J connectivity index is 2.15. The zero-order valence-corrected chi connectivity index (χ0v) is 10.2. The topological polar surface area (TPSA) is 47.0 Å². The van der Waals surface area contributed by atoms with Crippen LogP contribution in [0.4, 0.5) is 0 Å². The van der Waals surface area contributed by atoms with Gasteiger partial charge < -0.3 is 10.1 Å². The van der Waals surface area contributed by atoms with E-state index in [4.69, 9.17) is 4.74 Å². The standard InChI is InChI=1S/C13H19N3O/c1-2-7-14-13(11-6-8-15-16-10-11)12-5-3-4-9-17-12/h5-6,8,10,13-14H,2-4,7,9H2,1H3. The summed E-state index contributed by atoms with van der Waals surface area (Å²) in [5.74, 6) is 1.03. The van der Waals surface area contributed by atoms with Crippen LogP contribution >= 0.6 is 0 Å². The molecular weight excluding hydrogens is 214 g/mol. The summed E-state index contributed by atoms with van der Waals surface area (Å²) in [5, 5.41) is 11.2. The smallest absolute Gasteiger partial charge is 0.113 e. The molecule has 1 aliphatic rings. The van der Waals surface area contributed by atoms with Crippen molar-refractivity contribution in [2.45, 2.75) is 32.2 Å². The van der Waals surface area contributed by atoms with Gasteiger partial charge in [0.25, 0.3) is 0 Å². The second kappa shape index (κ2) is 6.35. The van der Waals surface area contributed by atoms with Gasteiger partial charge in [0.15, 0.2) is 0 Å². The lowest BCUT2D eigenvalue weighted by molar-refractivity contribution is 0.167. The van der Waals surface area contributed by atoms with Gasteiger partial charge in [-0.15, -0.1) is 0 Å². The number of nitrogens with zero attached hydrogens (tertiary/aromatic N) is 2. The summed E-state index contributed by atoms with van der Waals surface area (Å²) in [5.41, 5.74) is 1.11. The number of allylic oxidation sites excluding steroid dienone is 1. The first kappa shape index (κ1) is 12.0. The Morgan fingerprint density at radius 3 is 3.06 bits per heavy atom.